The SMILES string of the molecule is COC(=O)c1c(C)oc2c1c(C(NCCNC(C)C)c1ccncc1)c(O)c1ccccc12. The third-order valence-electron chi connectivity index (χ3n) is 5.78. The molecule has 0 radical (unpaired) electrons. The fourth-order valence-corrected chi connectivity index (χ4v) is 4.29. The number of rotatable bonds is 8. The molecule has 7 nitrogen and oxygen atoms in total. The van der Waals surface area contributed by atoms with Gasteiger partial charge in [-0.3, -0.25) is 4.98 Å². The van der Waals surface area contributed by atoms with Crippen LogP contribution in [0.25, 0.3) is 21.7 Å². The Balaban J connectivity index is 2.00. The molecule has 1 unspecified atom stereocenters. The zero-order chi connectivity index (χ0) is 23.5. The van der Waals surface area contributed by atoms with E-state index < -0.39 is 12.0 Å². The predicted octanol–water partition coefficient (Wildman–Crippen LogP) is 4.46. The lowest BCUT2D eigenvalue weighted by atomic mass is 9.90. The molecule has 0 aliphatic carbocycles. The van der Waals surface area contributed by atoms with E-state index in [1.807, 2.05) is 36.4 Å². The number of carbonyl (C=O) groups is 1. The first-order valence-corrected chi connectivity index (χ1v) is 11.1. The van der Waals surface area contributed by atoms with E-state index in [0.717, 1.165) is 17.5 Å². The Kier molecular flexibility index (Phi) is 6.62. The van der Waals surface area contributed by atoms with Crippen LogP contribution in [0.2, 0.25) is 0 Å². The van der Waals surface area contributed by atoms with Gasteiger partial charge in [0, 0.05) is 53.2 Å². The van der Waals surface area contributed by atoms with E-state index in [1.54, 1.807) is 19.3 Å². The molecule has 2 aromatic carbocycles. The molecule has 2 aromatic heterocycles. The largest absolute Gasteiger partial charge is 0.507 e. The summed E-state index contributed by atoms with van der Waals surface area (Å²) >= 11 is 0. The first-order chi connectivity index (χ1) is 15.9. The summed E-state index contributed by atoms with van der Waals surface area (Å²) in [5.41, 5.74) is 2.37. The average molecular weight is 448 g/mol. The molecule has 0 saturated heterocycles. The van der Waals surface area contributed by atoms with Crippen LogP contribution >= 0.6 is 0 Å². The quantitative estimate of drug-likeness (QED) is 0.271. The molecule has 1 atom stereocenters. The van der Waals surface area contributed by atoms with Crippen LogP contribution in [0.4, 0.5) is 0 Å². The van der Waals surface area contributed by atoms with Crippen molar-refractivity contribution in [2.75, 3.05) is 20.2 Å². The first kappa shape index (κ1) is 22.8. The van der Waals surface area contributed by atoms with E-state index in [2.05, 4.69) is 29.5 Å². The molecule has 0 amide bonds. The summed E-state index contributed by atoms with van der Waals surface area (Å²) in [6.45, 7) is 7.31. The number of phenols is 1. The number of ether oxygens (including phenoxy) is 1. The Morgan fingerprint density at radius 2 is 1.76 bits per heavy atom. The minimum atomic E-state index is -0.503. The summed E-state index contributed by atoms with van der Waals surface area (Å²) in [4.78, 5) is 16.9. The smallest absolute Gasteiger partial charge is 0.342 e. The van der Waals surface area contributed by atoms with Gasteiger partial charge in [0.05, 0.1) is 13.2 Å². The minimum Gasteiger partial charge on any atom is -0.507 e. The minimum absolute atomic E-state index is 0.107. The number of fused-ring (bicyclic) bond motifs is 3. The molecule has 4 aromatic rings. The van der Waals surface area contributed by atoms with E-state index in [0.29, 0.717) is 45.8 Å². The lowest BCUT2D eigenvalue weighted by Gasteiger charge is -2.23. The number of nitrogens with one attached hydrogen (secondary N) is 2. The topological polar surface area (TPSA) is 96.6 Å². The fourth-order valence-electron chi connectivity index (χ4n) is 4.29. The second-order valence-electron chi connectivity index (χ2n) is 8.31. The summed E-state index contributed by atoms with van der Waals surface area (Å²) in [6, 6.07) is 11.2. The first-order valence-electron chi connectivity index (χ1n) is 11.1. The normalized spacial score (nSPS) is 12.5. The Hall–Kier alpha value is -3.42. The number of aromatic hydroxyl groups is 1. The molecule has 172 valence electrons. The predicted molar refractivity (Wildman–Crippen MR) is 129 cm³/mol. The number of phenolic OH excluding ortho intramolecular Hbond substituents is 1. The van der Waals surface area contributed by atoms with Crippen molar-refractivity contribution in [3.63, 3.8) is 0 Å². The highest BCUT2D eigenvalue weighted by Gasteiger charge is 2.30. The fraction of sp³-hybridized carbons (Fsp3) is 0.308. The van der Waals surface area contributed by atoms with E-state index in [9.17, 15) is 9.90 Å². The standard InChI is InChI=1S/C26H29N3O4/c1-15(2)28-13-14-29-23(17-9-11-27-12-10-17)22-21-20(26(31)32-4)16(3)33-25(21)19-8-6-5-7-18(19)24(22)30/h5-12,15,23,28-30H,13-14H2,1-4H3. The molecule has 3 N–H and O–H groups in total. The molecule has 7 heteroatoms. The van der Waals surface area contributed by atoms with Gasteiger partial charge in [-0.15, -0.1) is 0 Å². The van der Waals surface area contributed by atoms with Crippen LogP contribution in [0.15, 0.2) is 53.2 Å². The number of aromatic nitrogens is 1. The molecule has 0 saturated carbocycles. The van der Waals surface area contributed by atoms with Gasteiger partial charge in [0.2, 0.25) is 0 Å². The van der Waals surface area contributed by atoms with Gasteiger partial charge in [-0.2, -0.15) is 0 Å². The summed E-state index contributed by atoms with van der Waals surface area (Å²) in [6.07, 6.45) is 3.43. The van der Waals surface area contributed by atoms with Crippen LogP contribution < -0.4 is 10.6 Å². The number of aryl methyl sites for hydroxylation is 1. The highest BCUT2D eigenvalue weighted by Crippen LogP contribution is 2.45. The van der Waals surface area contributed by atoms with Gasteiger partial charge in [0.25, 0.3) is 0 Å². The number of nitrogens with zero attached hydrogens (tertiary/aromatic N) is 1. The van der Waals surface area contributed by atoms with Crippen LogP contribution in [-0.4, -0.2) is 42.3 Å². The number of methoxy groups -OCH3 is 1. The Morgan fingerprint density at radius 3 is 2.42 bits per heavy atom. The van der Waals surface area contributed by atoms with E-state index in [4.69, 9.17) is 9.15 Å². The van der Waals surface area contributed by atoms with E-state index >= 15 is 0 Å². The molecular weight excluding hydrogens is 418 g/mol. The summed E-state index contributed by atoms with van der Waals surface area (Å²) in [5.74, 6) is 0.0520. The molecule has 0 spiro atoms. The van der Waals surface area contributed by atoms with Gasteiger partial charge in [0.15, 0.2) is 0 Å². The van der Waals surface area contributed by atoms with Crippen molar-refractivity contribution < 1.29 is 19.1 Å². The number of benzene rings is 2. The van der Waals surface area contributed by atoms with Gasteiger partial charge < -0.3 is 24.9 Å². The van der Waals surface area contributed by atoms with Gasteiger partial charge in [-0.05, 0) is 24.6 Å². The van der Waals surface area contributed by atoms with Gasteiger partial charge in [-0.1, -0.05) is 38.1 Å². The van der Waals surface area contributed by atoms with Crippen LogP contribution in [-0.2, 0) is 4.74 Å². The molecule has 0 aliphatic heterocycles. The molecular formula is C26H29N3O4. The van der Waals surface area contributed by atoms with Gasteiger partial charge in [0.1, 0.15) is 22.7 Å². The number of hydrogen-bond donors (Lipinski definition) is 3. The van der Waals surface area contributed by atoms with Crippen LogP contribution in [0.1, 0.15) is 47.1 Å². The number of hydrogen-bond acceptors (Lipinski definition) is 7. The Bertz CT molecular complexity index is 1280. The average Bonchev–Trinajstić information content (AvgIpc) is 3.17. The molecule has 0 bridgehead atoms. The van der Waals surface area contributed by atoms with Crippen molar-refractivity contribution in [1.82, 2.24) is 15.6 Å². The summed E-state index contributed by atoms with van der Waals surface area (Å²) in [7, 11) is 1.34. The van der Waals surface area contributed by atoms with Crippen molar-refractivity contribution in [3.05, 3.63) is 71.2 Å². The zero-order valence-electron chi connectivity index (χ0n) is 19.3. The third kappa shape index (κ3) is 4.29. The monoisotopic (exact) mass is 447 g/mol. The van der Waals surface area contributed by atoms with Gasteiger partial charge in [-0.25, -0.2) is 4.79 Å². The lowest BCUT2D eigenvalue weighted by Crippen LogP contribution is -2.34. The van der Waals surface area contributed by atoms with E-state index in [1.165, 1.54) is 7.11 Å². The molecule has 2 heterocycles. The van der Waals surface area contributed by atoms with Crippen molar-refractivity contribution in [1.29, 1.82) is 0 Å². The summed E-state index contributed by atoms with van der Waals surface area (Å²) < 4.78 is 11.2. The van der Waals surface area contributed by atoms with Crippen molar-refractivity contribution in [3.8, 4) is 5.75 Å². The van der Waals surface area contributed by atoms with Crippen LogP contribution in [0, 0.1) is 6.92 Å². The third-order valence-corrected chi connectivity index (χ3v) is 5.78. The highest BCUT2D eigenvalue weighted by atomic mass is 16.5. The van der Waals surface area contributed by atoms with Crippen LogP contribution in [0.5, 0.6) is 5.75 Å². The number of carbonyl (C=O) groups excluding carboxylic acids is 1. The van der Waals surface area contributed by atoms with Gasteiger partial charge >= 0.3 is 5.97 Å². The maximum Gasteiger partial charge on any atom is 0.342 e. The van der Waals surface area contributed by atoms with Crippen molar-refractivity contribution in [2.45, 2.75) is 32.9 Å². The number of esters is 1. The maximum absolute atomic E-state index is 12.8. The van der Waals surface area contributed by atoms with Crippen molar-refractivity contribution in [2.24, 2.45) is 0 Å². The zero-order valence-corrected chi connectivity index (χ0v) is 19.3. The number of pyridine rings is 1. The Morgan fingerprint density at radius 1 is 1.09 bits per heavy atom. The van der Waals surface area contributed by atoms with Crippen LogP contribution in [0.3, 0.4) is 0 Å². The molecule has 4 rings (SSSR count). The lowest BCUT2D eigenvalue weighted by molar-refractivity contribution is 0.0600. The molecule has 0 fully saturated rings. The second kappa shape index (κ2) is 9.60. The Labute approximate surface area is 192 Å². The summed E-state index contributed by atoms with van der Waals surface area (Å²) in [5, 5.41) is 20.5. The molecule has 0 aliphatic rings. The number of furan rings is 1. The van der Waals surface area contributed by atoms with Crippen molar-refractivity contribution >= 4 is 27.7 Å². The van der Waals surface area contributed by atoms with E-state index in [-0.39, 0.29) is 5.75 Å². The highest BCUT2D eigenvalue weighted by molar-refractivity contribution is 6.16. The molecule has 33 heavy (non-hydrogen) atoms. The second-order valence-corrected chi connectivity index (χ2v) is 8.31. The maximum atomic E-state index is 12.8.